The number of nitro benzene ring substituents is 1. The Balaban J connectivity index is 2.15. The van der Waals surface area contributed by atoms with Gasteiger partial charge in [0.1, 0.15) is 0 Å². The summed E-state index contributed by atoms with van der Waals surface area (Å²) in [5, 5.41) is 23.1. The number of hydrogen-bond acceptors (Lipinski definition) is 4. The number of phenols is 1. The average molecular weight is 250 g/mol. The van der Waals surface area contributed by atoms with Crippen molar-refractivity contribution in [1.82, 2.24) is 5.32 Å². The van der Waals surface area contributed by atoms with Crippen molar-refractivity contribution >= 4 is 11.6 Å². The summed E-state index contributed by atoms with van der Waals surface area (Å²) in [5.41, 5.74) is -0.506. The fraction of sp³-hybridized carbons (Fsp3) is 0.417. The second-order valence-corrected chi connectivity index (χ2v) is 4.68. The van der Waals surface area contributed by atoms with Gasteiger partial charge in [0.2, 0.25) is 5.75 Å². The molecule has 0 saturated heterocycles. The quantitative estimate of drug-likeness (QED) is 0.632. The molecule has 2 N–H and O–H groups in total. The van der Waals surface area contributed by atoms with Crippen molar-refractivity contribution in [3.63, 3.8) is 0 Å². The molecule has 6 nitrogen and oxygen atoms in total. The second kappa shape index (κ2) is 4.64. The van der Waals surface area contributed by atoms with Crippen LogP contribution in [0.4, 0.5) is 5.69 Å². The zero-order valence-corrected chi connectivity index (χ0v) is 9.92. The van der Waals surface area contributed by atoms with Crippen LogP contribution in [0.25, 0.3) is 0 Å². The summed E-state index contributed by atoms with van der Waals surface area (Å²) in [4.78, 5) is 21.8. The van der Waals surface area contributed by atoms with E-state index in [2.05, 4.69) is 12.2 Å². The normalized spacial score (nSPS) is 22.1. The van der Waals surface area contributed by atoms with Crippen LogP contribution in [0.15, 0.2) is 18.2 Å². The number of para-hydroxylation sites is 1. The maximum absolute atomic E-state index is 11.9. The first-order valence-corrected chi connectivity index (χ1v) is 5.76. The SMILES string of the molecule is CC1CC(NC(=O)c2cccc([N+](=O)[O-])c2O)C1. The van der Waals surface area contributed by atoms with E-state index >= 15 is 0 Å². The zero-order chi connectivity index (χ0) is 13.3. The highest BCUT2D eigenvalue weighted by Gasteiger charge is 2.28. The summed E-state index contributed by atoms with van der Waals surface area (Å²) in [6.07, 6.45) is 1.81. The Hall–Kier alpha value is -2.11. The minimum atomic E-state index is -0.711. The van der Waals surface area contributed by atoms with Gasteiger partial charge in [-0.1, -0.05) is 13.0 Å². The van der Waals surface area contributed by atoms with E-state index in [9.17, 15) is 20.0 Å². The molecule has 0 radical (unpaired) electrons. The molecule has 1 aromatic rings. The van der Waals surface area contributed by atoms with Crippen LogP contribution < -0.4 is 5.32 Å². The first kappa shape index (κ1) is 12.3. The van der Waals surface area contributed by atoms with Crippen LogP contribution in [-0.2, 0) is 0 Å². The summed E-state index contributed by atoms with van der Waals surface area (Å²) >= 11 is 0. The predicted molar refractivity (Wildman–Crippen MR) is 64.4 cm³/mol. The third-order valence-electron chi connectivity index (χ3n) is 3.17. The molecule has 0 spiro atoms. The molecule has 0 bridgehead atoms. The molecular weight excluding hydrogens is 236 g/mol. The Morgan fingerprint density at radius 3 is 2.72 bits per heavy atom. The van der Waals surface area contributed by atoms with Crippen molar-refractivity contribution in [3.05, 3.63) is 33.9 Å². The number of carbonyl (C=O) groups excluding carboxylic acids is 1. The third kappa shape index (κ3) is 2.27. The van der Waals surface area contributed by atoms with E-state index in [-0.39, 0.29) is 11.6 Å². The van der Waals surface area contributed by atoms with E-state index in [4.69, 9.17) is 0 Å². The van der Waals surface area contributed by atoms with E-state index in [1.807, 2.05) is 0 Å². The molecule has 96 valence electrons. The van der Waals surface area contributed by atoms with Gasteiger partial charge in [0, 0.05) is 12.1 Å². The Kier molecular flexibility index (Phi) is 3.18. The van der Waals surface area contributed by atoms with Gasteiger partial charge >= 0.3 is 5.69 Å². The van der Waals surface area contributed by atoms with Crippen molar-refractivity contribution in [3.8, 4) is 5.75 Å². The highest BCUT2D eigenvalue weighted by molar-refractivity contribution is 5.98. The fourth-order valence-electron chi connectivity index (χ4n) is 2.15. The van der Waals surface area contributed by atoms with Crippen LogP contribution in [0.2, 0.25) is 0 Å². The van der Waals surface area contributed by atoms with E-state index in [0.717, 1.165) is 18.9 Å². The van der Waals surface area contributed by atoms with Crippen LogP contribution in [0, 0.1) is 16.0 Å². The average Bonchev–Trinajstić information content (AvgIpc) is 2.26. The lowest BCUT2D eigenvalue weighted by Gasteiger charge is -2.33. The molecule has 18 heavy (non-hydrogen) atoms. The number of amides is 1. The molecule has 1 saturated carbocycles. The number of nitrogens with one attached hydrogen (secondary N) is 1. The Labute approximate surface area is 104 Å². The molecule has 1 aliphatic rings. The lowest BCUT2D eigenvalue weighted by atomic mass is 9.82. The number of aromatic hydroxyl groups is 1. The second-order valence-electron chi connectivity index (χ2n) is 4.68. The number of rotatable bonds is 3. The molecular formula is C12H14N2O4. The fourth-order valence-corrected chi connectivity index (χ4v) is 2.15. The van der Waals surface area contributed by atoms with Gasteiger partial charge in [-0.2, -0.15) is 0 Å². The van der Waals surface area contributed by atoms with Crippen LogP contribution >= 0.6 is 0 Å². The van der Waals surface area contributed by atoms with Crippen molar-refractivity contribution in [2.75, 3.05) is 0 Å². The van der Waals surface area contributed by atoms with Gasteiger partial charge in [-0.05, 0) is 24.8 Å². The monoisotopic (exact) mass is 250 g/mol. The van der Waals surface area contributed by atoms with Crippen LogP contribution in [-0.4, -0.2) is 22.0 Å². The van der Waals surface area contributed by atoms with Crippen molar-refractivity contribution in [2.24, 2.45) is 5.92 Å². The molecule has 1 fully saturated rings. The summed E-state index contributed by atoms with van der Waals surface area (Å²) in [6.45, 7) is 2.09. The van der Waals surface area contributed by atoms with Gasteiger partial charge < -0.3 is 10.4 Å². The highest BCUT2D eigenvalue weighted by Crippen LogP contribution is 2.31. The number of hydrogen-bond donors (Lipinski definition) is 2. The van der Waals surface area contributed by atoms with Gasteiger partial charge in [-0.15, -0.1) is 0 Å². The van der Waals surface area contributed by atoms with Gasteiger partial charge in [0.15, 0.2) is 0 Å². The Morgan fingerprint density at radius 2 is 2.17 bits per heavy atom. The van der Waals surface area contributed by atoms with E-state index in [1.54, 1.807) is 0 Å². The minimum absolute atomic E-state index is 0.0521. The molecule has 6 heteroatoms. The smallest absolute Gasteiger partial charge is 0.311 e. The molecule has 0 heterocycles. The minimum Gasteiger partial charge on any atom is -0.502 e. The number of benzene rings is 1. The van der Waals surface area contributed by atoms with Gasteiger partial charge in [0.05, 0.1) is 10.5 Å². The van der Waals surface area contributed by atoms with Crippen LogP contribution in [0.1, 0.15) is 30.1 Å². The third-order valence-corrected chi connectivity index (χ3v) is 3.17. The standard InChI is InChI=1S/C12H14N2O4/c1-7-5-8(6-7)13-12(16)9-3-2-4-10(11(9)15)14(17)18/h2-4,7-8,15H,5-6H2,1H3,(H,13,16). The zero-order valence-electron chi connectivity index (χ0n) is 9.92. The van der Waals surface area contributed by atoms with Crippen molar-refractivity contribution in [1.29, 1.82) is 0 Å². The number of nitrogens with zero attached hydrogens (tertiary/aromatic N) is 1. The first-order valence-electron chi connectivity index (χ1n) is 5.76. The molecule has 1 aromatic carbocycles. The van der Waals surface area contributed by atoms with Crippen LogP contribution in [0.3, 0.4) is 0 Å². The molecule has 1 amide bonds. The number of carbonyl (C=O) groups is 1. The van der Waals surface area contributed by atoms with Crippen molar-refractivity contribution in [2.45, 2.75) is 25.8 Å². The topological polar surface area (TPSA) is 92.5 Å². The van der Waals surface area contributed by atoms with Gasteiger partial charge in [0.25, 0.3) is 5.91 Å². The van der Waals surface area contributed by atoms with E-state index < -0.39 is 22.3 Å². The molecule has 0 unspecified atom stereocenters. The first-order chi connectivity index (χ1) is 8.49. The summed E-state index contributed by atoms with van der Waals surface area (Å²) in [5.74, 6) is -0.450. The lowest BCUT2D eigenvalue weighted by molar-refractivity contribution is -0.385. The number of nitro groups is 1. The van der Waals surface area contributed by atoms with Crippen LogP contribution in [0.5, 0.6) is 5.75 Å². The lowest BCUT2D eigenvalue weighted by Crippen LogP contribution is -2.43. The predicted octanol–water partition coefficient (Wildman–Crippen LogP) is 1.83. The molecule has 1 aliphatic carbocycles. The van der Waals surface area contributed by atoms with E-state index in [1.165, 1.54) is 12.1 Å². The Bertz CT molecular complexity index is 495. The van der Waals surface area contributed by atoms with Gasteiger partial charge in [-0.3, -0.25) is 14.9 Å². The molecule has 2 rings (SSSR count). The Morgan fingerprint density at radius 1 is 1.50 bits per heavy atom. The highest BCUT2D eigenvalue weighted by atomic mass is 16.6. The summed E-state index contributed by atoms with van der Waals surface area (Å²) in [6, 6.07) is 4.03. The molecule has 0 aliphatic heterocycles. The summed E-state index contributed by atoms with van der Waals surface area (Å²) < 4.78 is 0. The van der Waals surface area contributed by atoms with Crippen molar-refractivity contribution < 1.29 is 14.8 Å². The maximum Gasteiger partial charge on any atom is 0.311 e. The number of phenolic OH excluding ortho intramolecular Hbond substituents is 1. The molecule has 0 aromatic heterocycles. The largest absolute Gasteiger partial charge is 0.502 e. The van der Waals surface area contributed by atoms with E-state index in [0.29, 0.717) is 5.92 Å². The van der Waals surface area contributed by atoms with Gasteiger partial charge in [-0.25, -0.2) is 0 Å². The maximum atomic E-state index is 11.9. The molecule has 0 atom stereocenters. The summed E-state index contributed by atoms with van der Waals surface area (Å²) in [7, 11) is 0.